The van der Waals surface area contributed by atoms with Crippen LogP contribution in [0.4, 0.5) is 5.95 Å². The van der Waals surface area contributed by atoms with Crippen LogP contribution in [0.25, 0.3) is 0 Å². The average molecular weight is 355 g/mol. The first kappa shape index (κ1) is 17.7. The molecular weight excluding hydrogens is 334 g/mol. The number of anilines is 1. The molecule has 8 nitrogen and oxygen atoms in total. The number of ether oxygens (including phenoxy) is 1. The van der Waals surface area contributed by atoms with Gasteiger partial charge < -0.3 is 9.64 Å². The van der Waals surface area contributed by atoms with Gasteiger partial charge in [0.2, 0.25) is 17.7 Å². The number of carbonyl (C=O) groups is 2. The second-order valence-electron chi connectivity index (χ2n) is 5.94. The SMILES string of the molecule is COc1ccnc(NNC(=O)C2CCCN2C(=O)Cc2ccccc2)n1. The van der Waals surface area contributed by atoms with Gasteiger partial charge in [-0.15, -0.1) is 0 Å². The first-order chi connectivity index (χ1) is 12.7. The minimum Gasteiger partial charge on any atom is -0.481 e. The van der Waals surface area contributed by atoms with Crippen LogP contribution in [0.15, 0.2) is 42.6 Å². The Hall–Kier alpha value is -3.16. The topological polar surface area (TPSA) is 96.5 Å². The number of amides is 2. The Morgan fingerprint density at radius 2 is 2.08 bits per heavy atom. The third-order valence-electron chi connectivity index (χ3n) is 4.21. The summed E-state index contributed by atoms with van der Waals surface area (Å²) < 4.78 is 5.01. The monoisotopic (exact) mass is 355 g/mol. The second kappa shape index (κ2) is 8.28. The number of methoxy groups -OCH3 is 1. The molecule has 1 unspecified atom stereocenters. The maximum atomic E-state index is 12.6. The van der Waals surface area contributed by atoms with Crippen LogP contribution in [-0.4, -0.2) is 46.4 Å². The van der Waals surface area contributed by atoms with E-state index in [1.54, 1.807) is 11.0 Å². The molecule has 2 amide bonds. The molecule has 1 aliphatic heterocycles. The Morgan fingerprint density at radius 3 is 2.85 bits per heavy atom. The molecule has 1 aromatic heterocycles. The standard InChI is InChI=1S/C18H21N5O3/c1-26-15-9-10-19-18(20-15)22-21-17(25)14-8-5-11-23(14)16(24)12-13-6-3-2-4-7-13/h2-4,6-7,9-10,14H,5,8,11-12H2,1H3,(H,21,25)(H,19,20,22). The Balaban J connectivity index is 1.58. The number of likely N-dealkylation sites (tertiary alicyclic amines) is 1. The van der Waals surface area contributed by atoms with Crippen LogP contribution in [0.1, 0.15) is 18.4 Å². The highest BCUT2D eigenvalue weighted by Crippen LogP contribution is 2.19. The number of hydrazine groups is 1. The quantitative estimate of drug-likeness (QED) is 0.755. The van der Waals surface area contributed by atoms with Crippen LogP contribution in [0.2, 0.25) is 0 Å². The number of nitrogens with zero attached hydrogens (tertiary/aromatic N) is 3. The highest BCUT2D eigenvalue weighted by molar-refractivity contribution is 5.89. The van der Waals surface area contributed by atoms with Crippen LogP contribution in [0.3, 0.4) is 0 Å². The molecule has 2 aromatic rings. The van der Waals surface area contributed by atoms with E-state index < -0.39 is 6.04 Å². The van der Waals surface area contributed by atoms with Crippen molar-refractivity contribution >= 4 is 17.8 Å². The van der Waals surface area contributed by atoms with Crippen molar-refractivity contribution in [3.8, 4) is 5.88 Å². The van der Waals surface area contributed by atoms with E-state index in [9.17, 15) is 9.59 Å². The fourth-order valence-corrected chi connectivity index (χ4v) is 2.93. The molecule has 1 aromatic carbocycles. The summed E-state index contributed by atoms with van der Waals surface area (Å²) in [4.78, 5) is 34.8. The summed E-state index contributed by atoms with van der Waals surface area (Å²) in [5.74, 6) is 0.275. The molecule has 0 radical (unpaired) electrons. The molecule has 2 heterocycles. The number of hydrogen-bond acceptors (Lipinski definition) is 6. The lowest BCUT2D eigenvalue weighted by Gasteiger charge is -2.24. The van der Waals surface area contributed by atoms with Crippen molar-refractivity contribution in [1.82, 2.24) is 20.3 Å². The minimum absolute atomic E-state index is 0.0496. The van der Waals surface area contributed by atoms with Crippen LogP contribution in [0, 0.1) is 0 Å². The summed E-state index contributed by atoms with van der Waals surface area (Å²) >= 11 is 0. The smallest absolute Gasteiger partial charge is 0.261 e. The Kier molecular flexibility index (Phi) is 5.62. The second-order valence-corrected chi connectivity index (χ2v) is 5.94. The Morgan fingerprint density at radius 1 is 1.27 bits per heavy atom. The molecule has 8 heteroatoms. The van der Waals surface area contributed by atoms with Crippen molar-refractivity contribution in [2.45, 2.75) is 25.3 Å². The molecule has 2 N–H and O–H groups in total. The maximum absolute atomic E-state index is 12.6. The predicted octanol–water partition coefficient (Wildman–Crippen LogP) is 1.16. The first-order valence-electron chi connectivity index (χ1n) is 8.43. The highest BCUT2D eigenvalue weighted by atomic mass is 16.5. The van der Waals surface area contributed by atoms with Crippen LogP contribution < -0.4 is 15.6 Å². The Bertz CT molecular complexity index is 768. The zero-order chi connectivity index (χ0) is 18.4. The normalized spacial score (nSPS) is 16.2. The Labute approximate surface area is 151 Å². The molecule has 26 heavy (non-hydrogen) atoms. The van der Waals surface area contributed by atoms with E-state index in [4.69, 9.17) is 4.74 Å². The van der Waals surface area contributed by atoms with E-state index in [1.807, 2.05) is 30.3 Å². The predicted molar refractivity (Wildman–Crippen MR) is 95.2 cm³/mol. The average Bonchev–Trinajstić information content (AvgIpc) is 3.17. The third-order valence-corrected chi connectivity index (χ3v) is 4.21. The van der Waals surface area contributed by atoms with E-state index in [-0.39, 0.29) is 24.2 Å². The summed E-state index contributed by atoms with van der Waals surface area (Å²) in [5.41, 5.74) is 6.18. The van der Waals surface area contributed by atoms with E-state index in [0.29, 0.717) is 18.8 Å². The largest absolute Gasteiger partial charge is 0.481 e. The number of aromatic nitrogens is 2. The molecule has 0 spiro atoms. The number of carbonyl (C=O) groups excluding carboxylic acids is 2. The zero-order valence-corrected chi connectivity index (χ0v) is 14.5. The van der Waals surface area contributed by atoms with Gasteiger partial charge in [-0.25, -0.2) is 4.98 Å². The van der Waals surface area contributed by atoms with Gasteiger partial charge in [0.25, 0.3) is 5.91 Å². The summed E-state index contributed by atoms with van der Waals surface area (Å²) in [7, 11) is 1.50. The lowest BCUT2D eigenvalue weighted by atomic mass is 10.1. The first-order valence-corrected chi connectivity index (χ1v) is 8.43. The molecule has 3 rings (SSSR count). The minimum atomic E-state index is -0.496. The van der Waals surface area contributed by atoms with Crippen LogP contribution in [-0.2, 0) is 16.0 Å². The van der Waals surface area contributed by atoms with E-state index in [1.165, 1.54) is 13.3 Å². The molecule has 1 aliphatic rings. The lowest BCUT2D eigenvalue weighted by molar-refractivity contribution is -0.137. The fourth-order valence-electron chi connectivity index (χ4n) is 2.93. The maximum Gasteiger partial charge on any atom is 0.261 e. The van der Waals surface area contributed by atoms with Gasteiger partial charge in [0.1, 0.15) is 6.04 Å². The van der Waals surface area contributed by atoms with Crippen molar-refractivity contribution in [3.05, 3.63) is 48.2 Å². The molecule has 0 saturated carbocycles. The van der Waals surface area contributed by atoms with Crippen molar-refractivity contribution in [2.24, 2.45) is 0 Å². The van der Waals surface area contributed by atoms with Crippen molar-refractivity contribution in [2.75, 3.05) is 19.1 Å². The summed E-state index contributed by atoms with van der Waals surface area (Å²) in [6, 6.07) is 10.6. The van der Waals surface area contributed by atoms with Crippen molar-refractivity contribution < 1.29 is 14.3 Å². The van der Waals surface area contributed by atoms with Crippen LogP contribution >= 0.6 is 0 Å². The third kappa shape index (κ3) is 4.27. The molecule has 1 saturated heterocycles. The molecule has 136 valence electrons. The van der Waals surface area contributed by atoms with Gasteiger partial charge in [-0.1, -0.05) is 30.3 Å². The van der Waals surface area contributed by atoms with Gasteiger partial charge in [-0.3, -0.25) is 20.4 Å². The van der Waals surface area contributed by atoms with Gasteiger partial charge in [-0.05, 0) is 18.4 Å². The summed E-state index contributed by atoms with van der Waals surface area (Å²) in [6.07, 6.45) is 3.24. The molecule has 0 bridgehead atoms. The molecule has 0 aliphatic carbocycles. The summed E-state index contributed by atoms with van der Waals surface area (Å²) in [6.45, 7) is 0.583. The molecular formula is C18H21N5O3. The number of hydrogen-bond donors (Lipinski definition) is 2. The van der Waals surface area contributed by atoms with E-state index in [0.717, 1.165) is 12.0 Å². The van der Waals surface area contributed by atoms with E-state index >= 15 is 0 Å². The number of rotatable bonds is 6. The van der Waals surface area contributed by atoms with Crippen molar-refractivity contribution in [3.63, 3.8) is 0 Å². The van der Waals surface area contributed by atoms with Gasteiger partial charge in [0.15, 0.2) is 0 Å². The fraction of sp³-hybridized carbons (Fsp3) is 0.333. The van der Waals surface area contributed by atoms with Gasteiger partial charge >= 0.3 is 0 Å². The zero-order valence-electron chi connectivity index (χ0n) is 14.5. The molecule has 1 fully saturated rings. The van der Waals surface area contributed by atoms with Gasteiger partial charge in [0.05, 0.1) is 13.5 Å². The van der Waals surface area contributed by atoms with E-state index in [2.05, 4.69) is 20.8 Å². The van der Waals surface area contributed by atoms with Gasteiger partial charge in [0, 0.05) is 18.8 Å². The number of nitrogens with one attached hydrogen (secondary N) is 2. The summed E-state index contributed by atoms with van der Waals surface area (Å²) in [5, 5.41) is 0. The highest BCUT2D eigenvalue weighted by Gasteiger charge is 2.33. The lowest BCUT2D eigenvalue weighted by Crippen LogP contribution is -2.48. The van der Waals surface area contributed by atoms with Gasteiger partial charge in [-0.2, -0.15) is 4.98 Å². The van der Waals surface area contributed by atoms with Crippen molar-refractivity contribution in [1.29, 1.82) is 0 Å². The van der Waals surface area contributed by atoms with Crippen LogP contribution in [0.5, 0.6) is 5.88 Å². The number of benzene rings is 1. The molecule has 1 atom stereocenters.